The van der Waals surface area contributed by atoms with Gasteiger partial charge >= 0.3 is 6.03 Å². The molecule has 0 aromatic heterocycles. The van der Waals surface area contributed by atoms with Crippen LogP contribution in [-0.2, 0) is 4.79 Å². The van der Waals surface area contributed by atoms with Crippen LogP contribution in [0.25, 0.3) is 0 Å². The zero-order valence-corrected chi connectivity index (χ0v) is 13.9. The van der Waals surface area contributed by atoms with Crippen LogP contribution >= 0.6 is 0 Å². The Balaban J connectivity index is 1.70. The summed E-state index contributed by atoms with van der Waals surface area (Å²) in [5.41, 5.74) is 1.64. The Labute approximate surface area is 138 Å². The average molecular weight is 317 g/mol. The number of carbonyl (C=O) groups is 2. The zero-order chi connectivity index (χ0) is 16.5. The number of anilines is 2. The van der Waals surface area contributed by atoms with Crippen molar-refractivity contribution in [1.82, 2.24) is 5.32 Å². The molecule has 126 valence electrons. The third kappa shape index (κ3) is 5.58. The fourth-order valence-electron chi connectivity index (χ4n) is 2.73. The highest BCUT2D eigenvalue weighted by Gasteiger charge is 2.20. The molecule has 23 heavy (non-hydrogen) atoms. The van der Waals surface area contributed by atoms with Gasteiger partial charge in [0, 0.05) is 30.9 Å². The minimum atomic E-state index is -0.0649. The van der Waals surface area contributed by atoms with Crippen molar-refractivity contribution in [2.24, 2.45) is 0 Å². The number of nitrogens with zero attached hydrogens (tertiary/aromatic N) is 1. The van der Waals surface area contributed by atoms with Gasteiger partial charge in [-0.1, -0.05) is 39.0 Å². The predicted octanol–water partition coefficient (Wildman–Crippen LogP) is 3.91. The van der Waals surface area contributed by atoms with E-state index in [0.717, 1.165) is 24.2 Å². The normalized spacial score (nSPS) is 14.0. The maximum atomic E-state index is 11.9. The first-order chi connectivity index (χ1) is 11.2. The molecule has 1 aliphatic rings. The SMILES string of the molecule is CCCCCCCCC(=O)Nc1ccc(N2CCNC2=O)cc1. The Morgan fingerprint density at radius 2 is 1.83 bits per heavy atom. The minimum absolute atomic E-state index is 0.0622. The van der Waals surface area contributed by atoms with Crippen molar-refractivity contribution in [3.8, 4) is 0 Å². The van der Waals surface area contributed by atoms with Gasteiger partial charge in [0.15, 0.2) is 0 Å². The molecule has 5 nitrogen and oxygen atoms in total. The summed E-state index contributed by atoms with van der Waals surface area (Å²) in [6.07, 6.45) is 7.65. The van der Waals surface area contributed by atoms with Gasteiger partial charge in [-0.05, 0) is 30.7 Å². The average Bonchev–Trinajstić information content (AvgIpc) is 2.97. The monoisotopic (exact) mass is 317 g/mol. The smallest absolute Gasteiger partial charge is 0.321 e. The van der Waals surface area contributed by atoms with Gasteiger partial charge in [0.2, 0.25) is 5.91 Å². The number of carbonyl (C=O) groups excluding carboxylic acids is 2. The molecule has 3 amide bonds. The van der Waals surface area contributed by atoms with Crippen molar-refractivity contribution in [3.63, 3.8) is 0 Å². The number of unbranched alkanes of at least 4 members (excludes halogenated alkanes) is 5. The zero-order valence-electron chi connectivity index (χ0n) is 13.9. The molecule has 0 unspecified atom stereocenters. The second-order valence-corrected chi connectivity index (χ2v) is 6.00. The Kier molecular flexibility index (Phi) is 6.91. The molecular formula is C18H27N3O2. The van der Waals surface area contributed by atoms with E-state index in [9.17, 15) is 9.59 Å². The highest BCUT2D eigenvalue weighted by molar-refractivity contribution is 5.95. The first-order valence-electron chi connectivity index (χ1n) is 8.66. The van der Waals surface area contributed by atoms with Gasteiger partial charge in [0.25, 0.3) is 0 Å². The van der Waals surface area contributed by atoms with Crippen LogP contribution < -0.4 is 15.5 Å². The van der Waals surface area contributed by atoms with E-state index >= 15 is 0 Å². The van der Waals surface area contributed by atoms with Gasteiger partial charge in [0.1, 0.15) is 0 Å². The minimum Gasteiger partial charge on any atom is -0.336 e. The predicted molar refractivity (Wildman–Crippen MR) is 93.8 cm³/mol. The quantitative estimate of drug-likeness (QED) is 0.678. The van der Waals surface area contributed by atoms with Crippen LogP contribution in [0.1, 0.15) is 51.9 Å². The second-order valence-electron chi connectivity index (χ2n) is 6.00. The van der Waals surface area contributed by atoms with Gasteiger partial charge in [-0.3, -0.25) is 9.69 Å². The number of benzene rings is 1. The Hall–Kier alpha value is -2.04. The molecule has 1 fully saturated rings. The summed E-state index contributed by atoms with van der Waals surface area (Å²) < 4.78 is 0. The molecule has 0 radical (unpaired) electrons. The van der Waals surface area contributed by atoms with Gasteiger partial charge in [-0.2, -0.15) is 0 Å². The Morgan fingerprint density at radius 3 is 2.48 bits per heavy atom. The fraction of sp³-hybridized carbons (Fsp3) is 0.556. The van der Waals surface area contributed by atoms with E-state index in [2.05, 4.69) is 17.6 Å². The molecule has 1 heterocycles. The standard InChI is InChI=1S/C18H27N3O2/c1-2-3-4-5-6-7-8-17(22)20-15-9-11-16(12-10-15)21-14-13-19-18(21)23/h9-12H,2-8,13-14H2,1H3,(H,19,23)(H,20,22). The van der Waals surface area contributed by atoms with Gasteiger partial charge in [-0.15, -0.1) is 0 Å². The summed E-state index contributed by atoms with van der Waals surface area (Å²) in [5.74, 6) is 0.0622. The molecule has 1 aromatic rings. The number of amides is 3. The Bertz CT molecular complexity index is 514. The molecule has 1 aliphatic heterocycles. The summed E-state index contributed by atoms with van der Waals surface area (Å²) in [6, 6.07) is 7.36. The van der Waals surface area contributed by atoms with Gasteiger partial charge in [-0.25, -0.2) is 4.79 Å². The van der Waals surface area contributed by atoms with Crippen LogP contribution in [0.5, 0.6) is 0 Å². The lowest BCUT2D eigenvalue weighted by Gasteiger charge is -2.14. The van der Waals surface area contributed by atoms with E-state index in [1.54, 1.807) is 4.90 Å². The van der Waals surface area contributed by atoms with Crippen molar-refractivity contribution >= 4 is 23.3 Å². The van der Waals surface area contributed by atoms with E-state index in [4.69, 9.17) is 0 Å². The van der Waals surface area contributed by atoms with Gasteiger partial charge in [0.05, 0.1) is 0 Å². The highest BCUT2D eigenvalue weighted by Crippen LogP contribution is 2.19. The summed E-state index contributed by atoms with van der Waals surface area (Å²) in [7, 11) is 0. The third-order valence-corrected chi connectivity index (χ3v) is 4.08. The topological polar surface area (TPSA) is 61.4 Å². The van der Waals surface area contributed by atoms with Crippen LogP contribution in [0, 0.1) is 0 Å². The molecule has 1 aromatic carbocycles. The van der Waals surface area contributed by atoms with E-state index in [1.807, 2.05) is 24.3 Å². The molecule has 0 spiro atoms. The molecule has 2 N–H and O–H groups in total. The van der Waals surface area contributed by atoms with E-state index in [0.29, 0.717) is 19.5 Å². The Morgan fingerprint density at radius 1 is 1.13 bits per heavy atom. The summed E-state index contributed by atoms with van der Waals surface area (Å²) in [6.45, 7) is 3.56. The molecule has 0 aliphatic carbocycles. The van der Waals surface area contributed by atoms with E-state index in [1.165, 1.54) is 25.7 Å². The third-order valence-electron chi connectivity index (χ3n) is 4.08. The maximum absolute atomic E-state index is 11.9. The molecule has 5 heteroatoms. The van der Waals surface area contributed by atoms with Gasteiger partial charge < -0.3 is 10.6 Å². The summed E-state index contributed by atoms with van der Waals surface area (Å²) >= 11 is 0. The van der Waals surface area contributed by atoms with Crippen molar-refractivity contribution < 1.29 is 9.59 Å². The van der Waals surface area contributed by atoms with Crippen molar-refractivity contribution in [2.75, 3.05) is 23.3 Å². The molecule has 0 atom stereocenters. The van der Waals surface area contributed by atoms with E-state index < -0.39 is 0 Å². The summed E-state index contributed by atoms with van der Waals surface area (Å²) in [4.78, 5) is 25.2. The number of hydrogen-bond donors (Lipinski definition) is 2. The summed E-state index contributed by atoms with van der Waals surface area (Å²) in [5, 5.41) is 5.69. The number of rotatable bonds is 9. The molecule has 0 saturated carbocycles. The van der Waals surface area contributed by atoms with Crippen LogP contribution in [0.15, 0.2) is 24.3 Å². The largest absolute Gasteiger partial charge is 0.336 e. The lowest BCUT2D eigenvalue weighted by atomic mass is 10.1. The van der Waals surface area contributed by atoms with Crippen molar-refractivity contribution in [3.05, 3.63) is 24.3 Å². The van der Waals surface area contributed by atoms with Crippen LogP contribution in [0.2, 0.25) is 0 Å². The van der Waals surface area contributed by atoms with Crippen LogP contribution in [-0.4, -0.2) is 25.0 Å². The van der Waals surface area contributed by atoms with Crippen LogP contribution in [0.4, 0.5) is 16.2 Å². The number of hydrogen-bond acceptors (Lipinski definition) is 2. The molecule has 2 rings (SSSR count). The number of urea groups is 1. The first-order valence-corrected chi connectivity index (χ1v) is 8.66. The lowest BCUT2D eigenvalue weighted by molar-refractivity contribution is -0.116. The number of nitrogens with one attached hydrogen (secondary N) is 2. The molecular weight excluding hydrogens is 290 g/mol. The molecule has 1 saturated heterocycles. The van der Waals surface area contributed by atoms with Crippen molar-refractivity contribution in [1.29, 1.82) is 0 Å². The fourth-order valence-corrected chi connectivity index (χ4v) is 2.73. The van der Waals surface area contributed by atoms with Crippen LogP contribution in [0.3, 0.4) is 0 Å². The van der Waals surface area contributed by atoms with E-state index in [-0.39, 0.29) is 11.9 Å². The molecule has 0 bridgehead atoms. The maximum Gasteiger partial charge on any atom is 0.321 e. The first kappa shape index (κ1) is 17.3. The lowest BCUT2D eigenvalue weighted by Crippen LogP contribution is -2.27. The van der Waals surface area contributed by atoms with Crippen molar-refractivity contribution in [2.45, 2.75) is 51.9 Å². The second kappa shape index (κ2) is 9.18. The highest BCUT2D eigenvalue weighted by atomic mass is 16.2.